The minimum absolute atomic E-state index is 0.00660. The summed E-state index contributed by atoms with van der Waals surface area (Å²) in [4.78, 5) is 12.5. The summed E-state index contributed by atoms with van der Waals surface area (Å²) in [6, 6.07) is 2.09. The highest BCUT2D eigenvalue weighted by Crippen LogP contribution is 2.40. The van der Waals surface area contributed by atoms with Crippen LogP contribution >= 0.6 is 11.6 Å². The van der Waals surface area contributed by atoms with E-state index >= 15 is 0 Å². The van der Waals surface area contributed by atoms with Crippen LogP contribution in [-0.2, 0) is 4.74 Å². The van der Waals surface area contributed by atoms with Crippen molar-refractivity contribution in [1.82, 2.24) is 14.9 Å². The number of fused-ring (bicyclic) bond motifs is 1. The number of anilines is 1. The summed E-state index contributed by atoms with van der Waals surface area (Å²) in [6.45, 7) is 4.49. The molecule has 0 unspecified atom stereocenters. The lowest BCUT2D eigenvalue weighted by atomic mass is 9.95. The lowest BCUT2D eigenvalue weighted by molar-refractivity contribution is -0.0123. The van der Waals surface area contributed by atoms with Crippen molar-refractivity contribution in [2.24, 2.45) is 0 Å². The Morgan fingerprint density at radius 1 is 1.45 bits per heavy atom. The highest BCUT2D eigenvalue weighted by molar-refractivity contribution is 6.30. The first-order chi connectivity index (χ1) is 13.8. The number of alkyl halides is 1. The van der Waals surface area contributed by atoms with E-state index in [0.29, 0.717) is 31.9 Å². The molecule has 3 aliphatic heterocycles. The fourth-order valence-electron chi connectivity index (χ4n) is 4.62. The van der Waals surface area contributed by atoms with E-state index in [4.69, 9.17) is 21.1 Å². The molecule has 4 heterocycles. The lowest BCUT2D eigenvalue weighted by Gasteiger charge is -2.31. The van der Waals surface area contributed by atoms with Crippen LogP contribution in [0.1, 0.15) is 31.7 Å². The fourth-order valence-corrected chi connectivity index (χ4v) is 4.82. The predicted molar refractivity (Wildman–Crippen MR) is 104 cm³/mol. The molecule has 3 atom stereocenters. The van der Waals surface area contributed by atoms with Gasteiger partial charge in [0, 0.05) is 19.5 Å². The number of hydrogen-bond donors (Lipinski definition) is 1. The van der Waals surface area contributed by atoms with E-state index in [-0.39, 0.29) is 42.0 Å². The van der Waals surface area contributed by atoms with Crippen molar-refractivity contribution >= 4 is 17.4 Å². The lowest BCUT2D eigenvalue weighted by Crippen LogP contribution is -2.44. The largest absolute Gasteiger partial charge is 0.461 e. The maximum Gasteiger partial charge on any atom is 0.319 e. The van der Waals surface area contributed by atoms with Gasteiger partial charge in [-0.3, -0.25) is 4.90 Å². The molecule has 0 saturated carbocycles. The minimum atomic E-state index is -1.09. The molecule has 3 saturated heterocycles. The summed E-state index contributed by atoms with van der Waals surface area (Å²) in [5.41, 5.74) is -1.30. The smallest absolute Gasteiger partial charge is 0.319 e. The predicted octanol–water partition coefficient (Wildman–Crippen LogP) is 1.54. The maximum absolute atomic E-state index is 14.0. The second-order valence-corrected chi connectivity index (χ2v) is 8.80. The highest BCUT2D eigenvalue weighted by atomic mass is 35.5. The first-order valence-electron chi connectivity index (χ1n) is 9.87. The Kier molecular flexibility index (Phi) is 5.55. The second kappa shape index (κ2) is 7.84. The van der Waals surface area contributed by atoms with Gasteiger partial charge in [-0.2, -0.15) is 15.2 Å². The Labute approximate surface area is 174 Å². The van der Waals surface area contributed by atoms with Crippen LogP contribution in [0.5, 0.6) is 6.01 Å². The molecular formula is C19H25ClFN5O3. The van der Waals surface area contributed by atoms with Crippen LogP contribution in [0.2, 0.25) is 5.15 Å². The Morgan fingerprint density at radius 3 is 3.07 bits per heavy atom. The van der Waals surface area contributed by atoms with Crippen LogP contribution in [0, 0.1) is 11.3 Å². The molecule has 29 heavy (non-hydrogen) atoms. The molecule has 0 bridgehead atoms. The number of ether oxygens (including phenoxy) is 2. The van der Waals surface area contributed by atoms with Gasteiger partial charge >= 0.3 is 6.01 Å². The summed E-state index contributed by atoms with van der Waals surface area (Å²) in [6.07, 6.45) is 1.48. The van der Waals surface area contributed by atoms with Gasteiger partial charge in [-0.25, -0.2) is 4.39 Å². The molecule has 4 rings (SSSR count). The van der Waals surface area contributed by atoms with Gasteiger partial charge in [0.2, 0.25) is 0 Å². The summed E-state index contributed by atoms with van der Waals surface area (Å²) in [5.74, 6) is 0.309. The number of β-amino-alcohol motifs (C(OH)–C–C–N with tert-alkyl or cyclic N) is 1. The molecule has 3 aliphatic rings. The number of hydrogen-bond acceptors (Lipinski definition) is 8. The molecule has 3 fully saturated rings. The van der Waals surface area contributed by atoms with Gasteiger partial charge in [0.15, 0.2) is 11.0 Å². The van der Waals surface area contributed by atoms with Crippen LogP contribution in [0.4, 0.5) is 10.2 Å². The Bertz CT molecular complexity index is 820. The minimum Gasteiger partial charge on any atom is -0.461 e. The van der Waals surface area contributed by atoms with Crippen LogP contribution in [0.15, 0.2) is 0 Å². The molecule has 1 aromatic rings. The number of rotatable bonds is 4. The quantitative estimate of drug-likeness (QED) is 0.726. The van der Waals surface area contributed by atoms with Crippen molar-refractivity contribution in [2.45, 2.75) is 43.5 Å². The number of halogens is 2. The van der Waals surface area contributed by atoms with Crippen molar-refractivity contribution in [2.75, 3.05) is 50.9 Å². The number of aliphatic hydroxyl groups is 1. The fraction of sp³-hybridized carbons (Fsp3) is 0.737. The van der Waals surface area contributed by atoms with Crippen molar-refractivity contribution < 1.29 is 19.0 Å². The molecule has 0 radical (unpaired) electrons. The molecule has 1 aromatic heterocycles. The van der Waals surface area contributed by atoms with Gasteiger partial charge in [-0.05, 0) is 26.3 Å². The molecule has 0 spiro atoms. The zero-order valence-electron chi connectivity index (χ0n) is 16.4. The highest BCUT2D eigenvalue weighted by Gasteiger charge is 2.49. The first-order valence-corrected chi connectivity index (χ1v) is 10.2. The maximum atomic E-state index is 14.0. The monoisotopic (exact) mass is 425 g/mol. The van der Waals surface area contributed by atoms with E-state index < -0.39 is 11.8 Å². The molecular weight excluding hydrogens is 401 g/mol. The van der Waals surface area contributed by atoms with E-state index in [0.717, 1.165) is 19.4 Å². The van der Waals surface area contributed by atoms with Gasteiger partial charge in [-0.1, -0.05) is 11.6 Å². The zero-order valence-corrected chi connectivity index (χ0v) is 17.2. The first kappa shape index (κ1) is 20.5. The Morgan fingerprint density at radius 2 is 2.28 bits per heavy atom. The standard InChI is InChI=1S/C19H25ClFN5O3/c1-18(27)10-25(5-6-28-11-18)16-14(8-22)15(20)23-17(24-16)29-12-19-3-2-4-26(19)9-13(21)7-19/h13,27H,2-7,9-12H2,1H3/t13-,18-,19+/m1/s1. The van der Waals surface area contributed by atoms with Gasteiger partial charge < -0.3 is 19.5 Å². The molecule has 1 N–H and O–H groups in total. The summed E-state index contributed by atoms with van der Waals surface area (Å²) < 4.78 is 25.3. The van der Waals surface area contributed by atoms with E-state index in [9.17, 15) is 14.8 Å². The SMILES string of the molecule is C[C@]1(O)COCCN(c2nc(OC[C@@]34CCCN3C[C@H](F)C4)nc(Cl)c2C#N)C1. The van der Waals surface area contributed by atoms with E-state index in [2.05, 4.69) is 14.9 Å². The van der Waals surface area contributed by atoms with Crippen LogP contribution in [0.3, 0.4) is 0 Å². The molecule has 8 nitrogen and oxygen atoms in total. The normalized spacial score (nSPS) is 32.7. The van der Waals surface area contributed by atoms with Crippen molar-refractivity contribution in [3.05, 3.63) is 10.7 Å². The van der Waals surface area contributed by atoms with Crippen molar-refractivity contribution in [3.8, 4) is 12.1 Å². The van der Waals surface area contributed by atoms with Gasteiger partial charge in [0.1, 0.15) is 30.0 Å². The third-order valence-corrected chi connectivity index (χ3v) is 6.19. The average Bonchev–Trinajstić information content (AvgIpc) is 3.10. The van der Waals surface area contributed by atoms with Crippen LogP contribution in [-0.4, -0.2) is 83.3 Å². The number of aromatic nitrogens is 2. The molecule has 0 aromatic carbocycles. The van der Waals surface area contributed by atoms with Crippen molar-refractivity contribution in [3.63, 3.8) is 0 Å². The zero-order chi connectivity index (χ0) is 20.6. The van der Waals surface area contributed by atoms with E-state index in [1.54, 1.807) is 11.8 Å². The topological polar surface area (TPSA) is 94.7 Å². The van der Waals surface area contributed by atoms with Crippen LogP contribution in [0.25, 0.3) is 0 Å². The summed E-state index contributed by atoms with van der Waals surface area (Å²) >= 11 is 6.25. The van der Waals surface area contributed by atoms with E-state index in [1.165, 1.54) is 0 Å². The number of nitriles is 1. The van der Waals surface area contributed by atoms with E-state index in [1.807, 2.05) is 6.07 Å². The second-order valence-electron chi connectivity index (χ2n) is 8.44. The molecule has 0 aliphatic carbocycles. The molecule has 0 amide bonds. The van der Waals surface area contributed by atoms with Crippen LogP contribution < -0.4 is 9.64 Å². The summed E-state index contributed by atoms with van der Waals surface area (Å²) in [7, 11) is 0. The summed E-state index contributed by atoms with van der Waals surface area (Å²) in [5, 5.41) is 20.0. The third kappa shape index (κ3) is 4.12. The van der Waals surface area contributed by atoms with Gasteiger partial charge in [0.05, 0.1) is 25.3 Å². The Hall–Kier alpha value is -1.73. The van der Waals surface area contributed by atoms with Crippen molar-refractivity contribution in [1.29, 1.82) is 5.26 Å². The van der Waals surface area contributed by atoms with Gasteiger partial charge in [0.25, 0.3) is 0 Å². The third-order valence-electron chi connectivity index (χ3n) is 5.92. The molecule has 158 valence electrons. The number of nitrogens with zero attached hydrogens (tertiary/aromatic N) is 5. The average molecular weight is 426 g/mol. The molecule has 10 heteroatoms. The Balaban J connectivity index is 1.58. The van der Waals surface area contributed by atoms with Gasteiger partial charge in [-0.15, -0.1) is 0 Å².